The number of nitrogens with one attached hydrogen (secondary N) is 2. The van der Waals surface area contributed by atoms with Crippen molar-refractivity contribution in [3.05, 3.63) is 39.8 Å². The van der Waals surface area contributed by atoms with Crippen LogP contribution in [0.15, 0.2) is 28.7 Å². The summed E-state index contributed by atoms with van der Waals surface area (Å²) in [6.45, 7) is 5.49. The molecule has 1 aliphatic heterocycles. The third kappa shape index (κ3) is 5.93. The number of carbonyl (C=O) groups is 1. The zero-order valence-corrected chi connectivity index (χ0v) is 18.9. The second-order valence-electron chi connectivity index (χ2n) is 6.25. The van der Waals surface area contributed by atoms with Crippen LogP contribution in [0.2, 0.25) is 0 Å². The average molecular weight is 502 g/mol. The molecule has 0 atom stereocenters. The van der Waals surface area contributed by atoms with Gasteiger partial charge in [-0.25, -0.2) is 4.99 Å². The molecular weight excluding hydrogens is 475 g/mol. The highest BCUT2D eigenvalue weighted by Gasteiger charge is 2.20. The predicted molar refractivity (Wildman–Crippen MR) is 119 cm³/mol. The Morgan fingerprint density at radius 2 is 2.22 bits per heavy atom. The summed E-state index contributed by atoms with van der Waals surface area (Å²) in [4.78, 5) is 20.4. The number of carbonyl (C=O) groups excluding carboxylic acids is 1. The zero-order chi connectivity index (χ0) is 18.4. The summed E-state index contributed by atoms with van der Waals surface area (Å²) in [6.07, 6.45) is 3.21. The molecule has 3 heterocycles. The third-order valence-corrected chi connectivity index (χ3v) is 5.48. The largest absolute Gasteiger partial charge is 0.357 e. The van der Waals surface area contributed by atoms with Crippen LogP contribution in [0.25, 0.3) is 0 Å². The summed E-state index contributed by atoms with van der Waals surface area (Å²) in [5.74, 6) is 0.914. The molecule has 2 aromatic heterocycles. The standard InChI is InChI=1S/C18H26N6OS.HI/c1-3-19-18(21-12-15-4-9-22-23(15)2)20-8-5-17(25)24-10-6-16-14(13-24)7-11-26-16;/h4,7,9,11H,3,5-6,8,10,12-13H2,1-2H3,(H2,19,20,21);1H. The van der Waals surface area contributed by atoms with Crippen molar-refractivity contribution in [3.8, 4) is 0 Å². The lowest BCUT2D eigenvalue weighted by molar-refractivity contribution is -0.131. The van der Waals surface area contributed by atoms with E-state index in [9.17, 15) is 4.79 Å². The Morgan fingerprint density at radius 3 is 2.96 bits per heavy atom. The topological polar surface area (TPSA) is 74.5 Å². The van der Waals surface area contributed by atoms with Crippen molar-refractivity contribution >= 4 is 47.2 Å². The lowest BCUT2D eigenvalue weighted by atomic mass is 10.1. The number of rotatable bonds is 6. The van der Waals surface area contributed by atoms with E-state index in [1.807, 2.05) is 29.6 Å². The first-order valence-corrected chi connectivity index (χ1v) is 9.87. The summed E-state index contributed by atoms with van der Waals surface area (Å²) in [5, 5.41) is 12.7. The van der Waals surface area contributed by atoms with Gasteiger partial charge < -0.3 is 15.5 Å². The van der Waals surface area contributed by atoms with Gasteiger partial charge >= 0.3 is 0 Å². The van der Waals surface area contributed by atoms with Crippen LogP contribution >= 0.6 is 35.3 Å². The van der Waals surface area contributed by atoms with Gasteiger partial charge in [-0.05, 0) is 36.4 Å². The molecule has 2 aromatic rings. The number of nitrogens with zero attached hydrogens (tertiary/aromatic N) is 4. The van der Waals surface area contributed by atoms with Crippen molar-refractivity contribution in [3.63, 3.8) is 0 Å². The minimum Gasteiger partial charge on any atom is -0.357 e. The Bertz CT molecular complexity index is 771. The predicted octanol–water partition coefficient (Wildman–Crippen LogP) is 2.13. The molecule has 0 unspecified atom stereocenters. The van der Waals surface area contributed by atoms with Crippen molar-refractivity contribution in [2.45, 2.75) is 32.9 Å². The molecule has 0 saturated carbocycles. The van der Waals surface area contributed by atoms with Crippen LogP contribution in [-0.2, 0) is 31.4 Å². The molecule has 0 bridgehead atoms. The number of aryl methyl sites for hydroxylation is 1. The lowest BCUT2D eigenvalue weighted by Gasteiger charge is -2.27. The Balaban J connectivity index is 0.00000261. The molecule has 0 aromatic carbocycles. The van der Waals surface area contributed by atoms with Gasteiger partial charge in [-0.1, -0.05) is 0 Å². The Hall–Kier alpha value is -1.62. The number of hydrogen-bond acceptors (Lipinski definition) is 4. The maximum absolute atomic E-state index is 12.5. The number of fused-ring (bicyclic) bond motifs is 1. The average Bonchev–Trinajstić information content (AvgIpc) is 3.27. The van der Waals surface area contributed by atoms with E-state index in [0.29, 0.717) is 19.5 Å². The maximum atomic E-state index is 12.5. The normalized spacial score (nSPS) is 13.7. The third-order valence-electron chi connectivity index (χ3n) is 4.46. The van der Waals surface area contributed by atoms with Gasteiger partial charge in [0, 0.05) is 50.7 Å². The molecular formula is C18H27IN6OS. The Labute approximate surface area is 181 Å². The highest BCUT2D eigenvalue weighted by Crippen LogP contribution is 2.24. The van der Waals surface area contributed by atoms with E-state index in [4.69, 9.17) is 0 Å². The maximum Gasteiger partial charge on any atom is 0.224 e. The van der Waals surface area contributed by atoms with Crippen LogP contribution < -0.4 is 10.6 Å². The first-order chi connectivity index (χ1) is 12.7. The van der Waals surface area contributed by atoms with Gasteiger partial charge in [0.05, 0.1) is 12.2 Å². The molecule has 2 N–H and O–H groups in total. The summed E-state index contributed by atoms with van der Waals surface area (Å²) in [5.41, 5.74) is 2.34. The van der Waals surface area contributed by atoms with Gasteiger partial charge in [-0.15, -0.1) is 35.3 Å². The van der Waals surface area contributed by atoms with Crippen molar-refractivity contribution in [1.82, 2.24) is 25.3 Å². The molecule has 1 aliphatic rings. The number of guanidine groups is 1. The fraction of sp³-hybridized carbons (Fsp3) is 0.500. The van der Waals surface area contributed by atoms with Gasteiger partial charge in [0.25, 0.3) is 0 Å². The summed E-state index contributed by atoms with van der Waals surface area (Å²) in [7, 11) is 1.90. The van der Waals surface area contributed by atoms with Gasteiger partial charge in [0.2, 0.25) is 5.91 Å². The van der Waals surface area contributed by atoms with Crippen LogP contribution in [0, 0.1) is 0 Å². The summed E-state index contributed by atoms with van der Waals surface area (Å²) >= 11 is 1.79. The van der Waals surface area contributed by atoms with E-state index in [1.54, 1.807) is 17.5 Å². The van der Waals surface area contributed by atoms with E-state index in [2.05, 4.69) is 32.2 Å². The number of thiophene rings is 1. The molecule has 148 valence electrons. The molecule has 0 radical (unpaired) electrons. The van der Waals surface area contributed by atoms with Crippen LogP contribution in [0.5, 0.6) is 0 Å². The van der Waals surface area contributed by atoms with Crippen LogP contribution in [0.3, 0.4) is 0 Å². The Morgan fingerprint density at radius 1 is 1.37 bits per heavy atom. The molecule has 27 heavy (non-hydrogen) atoms. The van der Waals surface area contributed by atoms with Crippen molar-refractivity contribution in [2.24, 2.45) is 12.0 Å². The van der Waals surface area contributed by atoms with Gasteiger partial charge in [-0.2, -0.15) is 5.10 Å². The molecule has 0 spiro atoms. The van der Waals surface area contributed by atoms with Crippen LogP contribution in [-0.4, -0.2) is 46.2 Å². The van der Waals surface area contributed by atoms with Crippen molar-refractivity contribution in [2.75, 3.05) is 19.6 Å². The van der Waals surface area contributed by atoms with Crippen LogP contribution in [0.4, 0.5) is 0 Å². The molecule has 3 rings (SSSR count). The SMILES string of the molecule is CCNC(=NCc1ccnn1C)NCCC(=O)N1CCc2sccc2C1.I. The number of amides is 1. The molecule has 0 aliphatic carbocycles. The first-order valence-electron chi connectivity index (χ1n) is 8.99. The summed E-state index contributed by atoms with van der Waals surface area (Å²) in [6, 6.07) is 4.08. The minimum absolute atomic E-state index is 0. The monoisotopic (exact) mass is 502 g/mol. The molecule has 7 nitrogen and oxygen atoms in total. The highest BCUT2D eigenvalue weighted by molar-refractivity contribution is 14.0. The lowest BCUT2D eigenvalue weighted by Crippen LogP contribution is -2.41. The second kappa shape index (κ2) is 10.6. The fourth-order valence-electron chi connectivity index (χ4n) is 2.97. The van der Waals surface area contributed by atoms with Gasteiger partial charge in [-0.3, -0.25) is 9.48 Å². The van der Waals surface area contributed by atoms with E-state index >= 15 is 0 Å². The molecule has 9 heteroatoms. The van der Waals surface area contributed by atoms with Gasteiger partial charge in [0.1, 0.15) is 0 Å². The number of halogens is 1. The molecule has 0 saturated heterocycles. The quantitative estimate of drug-likeness (QED) is 0.361. The zero-order valence-electron chi connectivity index (χ0n) is 15.8. The summed E-state index contributed by atoms with van der Waals surface area (Å²) < 4.78 is 1.81. The number of aliphatic imine (C=N–C) groups is 1. The van der Waals surface area contributed by atoms with E-state index in [1.165, 1.54) is 10.4 Å². The van der Waals surface area contributed by atoms with Crippen molar-refractivity contribution < 1.29 is 4.79 Å². The fourth-order valence-corrected chi connectivity index (χ4v) is 3.86. The molecule has 0 fully saturated rings. The number of hydrogen-bond donors (Lipinski definition) is 2. The minimum atomic E-state index is 0. The van der Waals surface area contributed by atoms with Gasteiger partial charge in [0.15, 0.2) is 5.96 Å². The first kappa shape index (κ1) is 21.7. The van der Waals surface area contributed by atoms with E-state index in [-0.39, 0.29) is 29.9 Å². The number of aromatic nitrogens is 2. The Kier molecular flexibility index (Phi) is 8.55. The smallest absolute Gasteiger partial charge is 0.224 e. The van der Waals surface area contributed by atoms with E-state index in [0.717, 1.165) is 37.7 Å². The molecule has 1 amide bonds. The van der Waals surface area contributed by atoms with E-state index < -0.39 is 0 Å². The van der Waals surface area contributed by atoms with Crippen molar-refractivity contribution in [1.29, 1.82) is 0 Å². The second-order valence-corrected chi connectivity index (χ2v) is 7.25. The highest BCUT2D eigenvalue weighted by atomic mass is 127. The van der Waals surface area contributed by atoms with Crippen LogP contribution in [0.1, 0.15) is 29.5 Å².